The topological polar surface area (TPSA) is 63.0 Å². The number of fused-ring (bicyclic) bond motifs is 1. The van der Waals surface area contributed by atoms with Gasteiger partial charge in [-0.1, -0.05) is 32.9 Å². The van der Waals surface area contributed by atoms with Gasteiger partial charge < -0.3 is 14.5 Å². The van der Waals surface area contributed by atoms with Crippen LogP contribution in [0.5, 0.6) is 5.75 Å². The van der Waals surface area contributed by atoms with Crippen LogP contribution >= 0.6 is 0 Å². The molecule has 8 heteroatoms. The van der Waals surface area contributed by atoms with Crippen molar-refractivity contribution in [2.45, 2.75) is 26.2 Å². The standard InChI is InChI=1S/C28H30FN5O2/c1-28(2,3)25-18-26-30-23(17-24(34(26)31-25)21-7-5-6-8-22(21)29)27(35)33-15-13-32(14-16-33)19-9-11-20(36-4)12-10-19/h5-12,17-18H,13-16H2,1-4H3. The monoisotopic (exact) mass is 487 g/mol. The Hall–Kier alpha value is -3.94. The number of halogens is 1. The van der Waals surface area contributed by atoms with Gasteiger partial charge in [-0.05, 0) is 42.5 Å². The van der Waals surface area contributed by atoms with Crippen molar-refractivity contribution < 1.29 is 13.9 Å². The van der Waals surface area contributed by atoms with Crippen LogP contribution < -0.4 is 9.64 Å². The molecule has 1 fully saturated rings. The molecule has 0 atom stereocenters. The van der Waals surface area contributed by atoms with Crippen molar-refractivity contribution in [1.82, 2.24) is 19.5 Å². The Balaban J connectivity index is 1.45. The minimum absolute atomic E-state index is 0.164. The Kier molecular flexibility index (Phi) is 6.12. The zero-order chi connectivity index (χ0) is 25.4. The van der Waals surface area contributed by atoms with Crippen LogP contribution in [0, 0.1) is 5.82 Å². The van der Waals surface area contributed by atoms with E-state index >= 15 is 0 Å². The molecule has 2 aromatic carbocycles. The Bertz CT molecular complexity index is 1400. The van der Waals surface area contributed by atoms with Crippen molar-refractivity contribution in [2.75, 3.05) is 38.2 Å². The van der Waals surface area contributed by atoms with E-state index in [9.17, 15) is 9.18 Å². The lowest BCUT2D eigenvalue weighted by molar-refractivity contribution is 0.0741. The summed E-state index contributed by atoms with van der Waals surface area (Å²) in [5.41, 5.74) is 3.41. The number of carbonyl (C=O) groups is 1. The molecule has 0 N–H and O–H groups in total. The van der Waals surface area contributed by atoms with Gasteiger partial charge in [0.15, 0.2) is 5.65 Å². The largest absolute Gasteiger partial charge is 0.497 e. The molecule has 1 aliphatic heterocycles. The molecule has 0 aliphatic carbocycles. The van der Waals surface area contributed by atoms with E-state index < -0.39 is 0 Å². The maximum Gasteiger partial charge on any atom is 0.272 e. The van der Waals surface area contributed by atoms with E-state index in [0.717, 1.165) is 17.1 Å². The number of methoxy groups -OCH3 is 1. The van der Waals surface area contributed by atoms with Crippen LogP contribution in [0.4, 0.5) is 10.1 Å². The highest BCUT2D eigenvalue weighted by Gasteiger charge is 2.26. The van der Waals surface area contributed by atoms with Gasteiger partial charge in [-0.25, -0.2) is 13.9 Å². The van der Waals surface area contributed by atoms with Crippen LogP contribution in [0.2, 0.25) is 0 Å². The molecule has 1 aliphatic rings. The Morgan fingerprint density at radius 3 is 2.31 bits per heavy atom. The van der Waals surface area contributed by atoms with E-state index in [4.69, 9.17) is 9.84 Å². The predicted molar refractivity (Wildman–Crippen MR) is 138 cm³/mol. The molecule has 5 rings (SSSR count). The summed E-state index contributed by atoms with van der Waals surface area (Å²) in [6, 6.07) is 18.0. The first kappa shape index (κ1) is 23.8. The third-order valence-corrected chi connectivity index (χ3v) is 6.57. The number of aromatic nitrogens is 3. The van der Waals surface area contributed by atoms with Crippen LogP contribution in [0.3, 0.4) is 0 Å². The van der Waals surface area contributed by atoms with Crippen molar-refractivity contribution in [3.05, 3.63) is 77.9 Å². The van der Waals surface area contributed by atoms with E-state index in [2.05, 4.69) is 30.7 Å². The van der Waals surface area contributed by atoms with Gasteiger partial charge in [0, 0.05) is 48.9 Å². The second-order valence-corrected chi connectivity index (χ2v) is 10.0. The molecular weight excluding hydrogens is 457 g/mol. The number of amides is 1. The van der Waals surface area contributed by atoms with E-state index in [0.29, 0.717) is 48.8 Å². The molecule has 4 aromatic rings. The van der Waals surface area contributed by atoms with Crippen LogP contribution in [-0.4, -0.2) is 58.7 Å². The van der Waals surface area contributed by atoms with E-state index in [-0.39, 0.29) is 17.1 Å². The SMILES string of the molecule is COc1ccc(N2CCN(C(=O)c3cc(-c4ccccc4F)n4nc(C(C)(C)C)cc4n3)CC2)cc1. The molecule has 0 saturated carbocycles. The summed E-state index contributed by atoms with van der Waals surface area (Å²) in [6.45, 7) is 8.74. The van der Waals surface area contributed by atoms with Crippen LogP contribution in [0.25, 0.3) is 16.9 Å². The molecule has 0 spiro atoms. The molecule has 2 aromatic heterocycles. The minimum atomic E-state index is -0.371. The zero-order valence-electron chi connectivity index (χ0n) is 21.0. The highest BCUT2D eigenvalue weighted by molar-refractivity contribution is 5.94. The van der Waals surface area contributed by atoms with E-state index in [1.165, 1.54) is 6.07 Å². The van der Waals surface area contributed by atoms with Crippen LogP contribution in [0.1, 0.15) is 37.0 Å². The normalized spacial score (nSPS) is 14.4. The Morgan fingerprint density at radius 2 is 1.67 bits per heavy atom. The fourth-order valence-corrected chi connectivity index (χ4v) is 4.43. The van der Waals surface area contributed by atoms with Crippen molar-refractivity contribution in [2.24, 2.45) is 0 Å². The number of benzene rings is 2. The number of ether oxygens (including phenoxy) is 1. The highest BCUT2D eigenvalue weighted by atomic mass is 19.1. The average Bonchev–Trinajstić information content (AvgIpc) is 3.33. The molecule has 1 saturated heterocycles. The molecule has 0 unspecified atom stereocenters. The van der Waals surface area contributed by atoms with E-state index in [1.807, 2.05) is 35.2 Å². The summed E-state index contributed by atoms with van der Waals surface area (Å²) in [5, 5.41) is 4.72. The van der Waals surface area contributed by atoms with Gasteiger partial charge in [0.05, 0.1) is 18.5 Å². The lowest BCUT2D eigenvalue weighted by Crippen LogP contribution is -2.49. The number of rotatable bonds is 4. The maximum absolute atomic E-state index is 14.8. The van der Waals surface area contributed by atoms with Crippen molar-refractivity contribution in [3.8, 4) is 17.0 Å². The molecule has 186 valence electrons. The van der Waals surface area contributed by atoms with Gasteiger partial charge in [-0.3, -0.25) is 4.79 Å². The minimum Gasteiger partial charge on any atom is -0.497 e. The fraction of sp³-hybridized carbons (Fsp3) is 0.321. The number of hydrogen-bond donors (Lipinski definition) is 0. The summed E-state index contributed by atoms with van der Waals surface area (Å²) < 4.78 is 21.7. The lowest BCUT2D eigenvalue weighted by atomic mass is 9.93. The second kappa shape index (κ2) is 9.26. The summed E-state index contributed by atoms with van der Waals surface area (Å²) in [4.78, 5) is 22.3. The van der Waals surface area contributed by atoms with Crippen molar-refractivity contribution in [3.63, 3.8) is 0 Å². The molecular formula is C28H30FN5O2. The molecule has 0 radical (unpaired) electrons. The fourth-order valence-electron chi connectivity index (χ4n) is 4.43. The van der Waals surface area contributed by atoms with Gasteiger partial charge >= 0.3 is 0 Å². The van der Waals surface area contributed by atoms with Crippen LogP contribution in [0.15, 0.2) is 60.7 Å². The zero-order valence-corrected chi connectivity index (χ0v) is 21.0. The highest BCUT2D eigenvalue weighted by Crippen LogP contribution is 2.28. The third-order valence-electron chi connectivity index (χ3n) is 6.57. The molecule has 7 nitrogen and oxygen atoms in total. The van der Waals surface area contributed by atoms with E-state index in [1.54, 1.807) is 35.9 Å². The number of anilines is 1. The Labute approximate surface area is 210 Å². The average molecular weight is 488 g/mol. The van der Waals surface area contributed by atoms with Crippen molar-refractivity contribution >= 4 is 17.2 Å². The quantitative estimate of drug-likeness (QED) is 0.414. The number of hydrogen-bond acceptors (Lipinski definition) is 5. The molecule has 0 bridgehead atoms. The maximum atomic E-state index is 14.8. The predicted octanol–water partition coefficient (Wildman–Crippen LogP) is 4.80. The summed E-state index contributed by atoms with van der Waals surface area (Å²) >= 11 is 0. The molecule has 3 heterocycles. The molecule has 36 heavy (non-hydrogen) atoms. The van der Waals surface area contributed by atoms with Gasteiger partial charge in [0.25, 0.3) is 5.91 Å². The van der Waals surface area contributed by atoms with Crippen molar-refractivity contribution in [1.29, 1.82) is 0 Å². The van der Waals surface area contributed by atoms with Gasteiger partial charge in [0.1, 0.15) is 17.3 Å². The van der Waals surface area contributed by atoms with Crippen LogP contribution in [-0.2, 0) is 5.41 Å². The van der Waals surface area contributed by atoms with Gasteiger partial charge in [-0.15, -0.1) is 0 Å². The summed E-state index contributed by atoms with van der Waals surface area (Å²) in [7, 11) is 1.65. The first-order chi connectivity index (χ1) is 17.2. The third kappa shape index (κ3) is 4.51. The molecule has 1 amide bonds. The second-order valence-electron chi connectivity index (χ2n) is 10.0. The van der Waals surface area contributed by atoms with Gasteiger partial charge in [-0.2, -0.15) is 5.10 Å². The summed E-state index contributed by atoms with van der Waals surface area (Å²) in [5.74, 6) is 0.279. The smallest absolute Gasteiger partial charge is 0.272 e. The lowest BCUT2D eigenvalue weighted by Gasteiger charge is -2.36. The first-order valence-corrected chi connectivity index (χ1v) is 12.1. The van der Waals surface area contributed by atoms with Gasteiger partial charge in [0.2, 0.25) is 0 Å². The summed E-state index contributed by atoms with van der Waals surface area (Å²) in [6.07, 6.45) is 0. The number of piperazine rings is 1. The Morgan fingerprint density at radius 1 is 0.972 bits per heavy atom. The first-order valence-electron chi connectivity index (χ1n) is 12.1. The number of nitrogens with zero attached hydrogens (tertiary/aromatic N) is 5. The number of carbonyl (C=O) groups excluding carboxylic acids is 1.